The van der Waals surface area contributed by atoms with Crippen LogP contribution in [0.5, 0.6) is 0 Å². The minimum Gasteiger partial charge on any atom is -0.465 e. The molecule has 1 atom stereocenters. The second-order valence-corrected chi connectivity index (χ2v) is 5.75. The maximum absolute atomic E-state index is 12.0. The number of esters is 2. The maximum Gasteiger partial charge on any atom is 0.348 e. The summed E-state index contributed by atoms with van der Waals surface area (Å²) in [5, 5.41) is 1.98. The lowest BCUT2D eigenvalue weighted by molar-refractivity contribution is -0.115. The lowest BCUT2D eigenvalue weighted by Crippen LogP contribution is -2.21. The van der Waals surface area contributed by atoms with Gasteiger partial charge in [-0.15, -0.1) is 22.9 Å². The molecule has 0 aliphatic carbocycles. The summed E-state index contributed by atoms with van der Waals surface area (Å²) in [5.74, 6) is -1.67. The number of ether oxygens (including phenoxy) is 2. The van der Waals surface area contributed by atoms with Crippen LogP contribution in [0.1, 0.15) is 39.4 Å². The normalized spacial score (nSPS) is 11.7. The number of alkyl halides is 1. The summed E-state index contributed by atoms with van der Waals surface area (Å²) in [6, 6.07) is 0. The van der Waals surface area contributed by atoms with Crippen molar-refractivity contribution in [2.24, 2.45) is 0 Å². The van der Waals surface area contributed by atoms with Crippen LogP contribution in [-0.4, -0.2) is 36.9 Å². The van der Waals surface area contributed by atoms with Gasteiger partial charge in [0.15, 0.2) is 0 Å². The van der Waals surface area contributed by atoms with E-state index in [1.54, 1.807) is 13.8 Å². The van der Waals surface area contributed by atoms with E-state index in [0.717, 1.165) is 11.3 Å². The van der Waals surface area contributed by atoms with Crippen LogP contribution in [0.15, 0.2) is 0 Å². The second-order valence-electron chi connectivity index (χ2n) is 4.08. The average Bonchev–Trinajstić information content (AvgIpc) is 2.74. The van der Waals surface area contributed by atoms with Gasteiger partial charge in [0, 0.05) is 0 Å². The van der Waals surface area contributed by atoms with Gasteiger partial charge in [0.25, 0.3) is 0 Å². The SMILES string of the molecule is CCOC(=O)c1c(NC(=O)C(C)Cl)sc(C(=O)OC)c1C. The molecule has 1 aromatic heterocycles. The maximum atomic E-state index is 12.0. The van der Waals surface area contributed by atoms with Crippen molar-refractivity contribution in [3.05, 3.63) is 16.0 Å². The molecule has 0 aromatic carbocycles. The molecular weight excluding hydrogens is 318 g/mol. The van der Waals surface area contributed by atoms with Gasteiger partial charge in [-0.3, -0.25) is 4.79 Å². The van der Waals surface area contributed by atoms with E-state index in [1.165, 1.54) is 14.0 Å². The molecule has 0 saturated heterocycles. The van der Waals surface area contributed by atoms with Gasteiger partial charge in [0.05, 0.1) is 19.3 Å². The van der Waals surface area contributed by atoms with Crippen molar-refractivity contribution in [2.45, 2.75) is 26.1 Å². The van der Waals surface area contributed by atoms with Crippen molar-refractivity contribution in [1.82, 2.24) is 0 Å². The molecule has 6 nitrogen and oxygen atoms in total. The molecule has 8 heteroatoms. The number of methoxy groups -OCH3 is 1. The Morgan fingerprint density at radius 1 is 1.33 bits per heavy atom. The Balaban J connectivity index is 3.29. The number of carbonyl (C=O) groups excluding carboxylic acids is 3. The standard InChI is InChI=1S/C13H16ClNO5S/c1-5-20-12(17)8-6(2)9(13(18)19-4)21-11(8)15-10(16)7(3)14/h7H,5H2,1-4H3,(H,15,16). The number of halogens is 1. The van der Waals surface area contributed by atoms with Crippen LogP contribution in [0.4, 0.5) is 5.00 Å². The number of carbonyl (C=O) groups is 3. The molecule has 0 bridgehead atoms. The Morgan fingerprint density at radius 2 is 1.95 bits per heavy atom. The fraction of sp³-hybridized carbons (Fsp3) is 0.462. The highest BCUT2D eigenvalue weighted by molar-refractivity contribution is 7.18. The second kappa shape index (κ2) is 7.42. The summed E-state index contributed by atoms with van der Waals surface area (Å²) in [6.45, 7) is 4.94. The molecule has 0 aliphatic rings. The van der Waals surface area contributed by atoms with Gasteiger partial charge in [-0.05, 0) is 26.3 Å². The molecule has 0 fully saturated rings. The number of rotatable bonds is 5. The van der Waals surface area contributed by atoms with Gasteiger partial charge >= 0.3 is 11.9 Å². The molecule has 1 unspecified atom stereocenters. The van der Waals surface area contributed by atoms with E-state index in [2.05, 4.69) is 10.1 Å². The number of hydrogen-bond acceptors (Lipinski definition) is 6. The van der Waals surface area contributed by atoms with Gasteiger partial charge < -0.3 is 14.8 Å². The monoisotopic (exact) mass is 333 g/mol. The van der Waals surface area contributed by atoms with Crippen molar-refractivity contribution in [3.8, 4) is 0 Å². The molecule has 1 amide bonds. The molecule has 0 aliphatic heterocycles. The summed E-state index contributed by atoms with van der Waals surface area (Å²) < 4.78 is 9.61. The van der Waals surface area contributed by atoms with Gasteiger partial charge in [-0.1, -0.05) is 0 Å². The predicted octanol–water partition coefficient (Wildman–Crippen LogP) is 2.59. The van der Waals surface area contributed by atoms with Crippen LogP contribution in [0, 0.1) is 6.92 Å². The lowest BCUT2D eigenvalue weighted by Gasteiger charge is -2.07. The van der Waals surface area contributed by atoms with Crippen molar-refractivity contribution in [1.29, 1.82) is 0 Å². The molecule has 116 valence electrons. The minimum absolute atomic E-state index is 0.146. The Kier molecular flexibility index (Phi) is 6.17. The van der Waals surface area contributed by atoms with Crippen LogP contribution in [0.2, 0.25) is 0 Å². The summed E-state index contributed by atoms with van der Waals surface area (Å²) in [7, 11) is 1.24. The number of hydrogen-bond donors (Lipinski definition) is 1. The highest BCUT2D eigenvalue weighted by atomic mass is 35.5. The fourth-order valence-corrected chi connectivity index (χ4v) is 2.72. The summed E-state index contributed by atoms with van der Waals surface area (Å²) in [4.78, 5) is 35.6. The van der Waals surface area contributed by atoms with Crippen molar-refractivity contribution >= 4 is 45.8 Å². The summed E-state index contributed by atoms with van der Waals surface area (Å²) in [6.07, 6.45) is 0. The van der Waals surface area contributed by atoms with E-state index in [0.29, 0.717) is 5.56 Å². The smallest absolute Gasteiger partial charge is 0.348 e. The van der Waals surface area contributed by atoms with Gasteiger partial charge in [-0.2, -0.15) is 0 Å². The van der Waals surface area contributed by atoms with Crippen molar-refractivity contribution in [2.75, 3.05) is 19.0 Å². The molecule has 1 aromatic rings. The molecule has 1 rings (SSSR count). The average molecular weight is 334 g/mol. The Bertz CT molecular complexity index is 567. The molecular formula is C13H16ClNO5S. The van der Waals surface area contributed by atoms with E-state index in [1.807, 2.05) is 0 Å². The van der Waals surface area contributed by atoms with E-state index in [-0.39, 0.29) is 22.0 Å². The quantitative estimate of drug-likeness (QED) is 0.661. The zero-order chi connectivity index (χ0) is 16.2. The van der Waals surface area contributed by atoms with Crippen molar-refractivity contribution in [3.63, 3.8) is 0 Å². The van der Waals surface area contributed by atoms with Gasteiger partial charge in [-0.25, -0.2) is 9.59 Å². The largest absolute Gasteiger partial charge is 0.465 e. The minimum atomic E-state index is -0.774. The molecule has 0 saturated carbocycles. The first-order valence-electron chi connectivity index (χ1n) is 6.17. The van der Waals surface area contributed by atoms with Gasteiger partial charge in [0.2, 0.25) is 5.91 Å². The van der Waals surface area contributed by atoms with Crippen molar-refractivity contribution < 1.29 is 23.9 Å². The Morgan fingerprint density at radius 3 is 2.43 bits per heavy atom. The number of anilines is 1. The van der Waals surface area contributed by atoms with E-state index in [9.17, 15) is 14.4 Å². The lowest BCUT2D eigenvalue weighted by atomic mass is 10.1. The molecule has 21 heavy (non-hydrogen) atoms. The highest BCUT2D eigenvalue weighted by Crippen LogP contribution is 2.34. The number of amides is 1. The zero-order valence-corrected chi connectivity index (χ0v) is 13.7. The van der Waals surface area contributed by atoms with Crippen LogP contribution in [0.3, 0.4) is 0 Å². The zero-order valence-electron chi connectivity index (χ0n) is 12.1. The molecule has 0 radical (unpaired) electrons. The third-order valence-electron chi connectivity index (χ3n) is 2.60. The van der Waals surface area contributed by atoms with Gasteiger partial charge in [0.1, 0.15) is 15.3 Å². The molecule has 1 N–H and O–H groups in total. The predicted molar refractivity (Wildman–Crippen MR) is 80.3 cm³/mol. The summed E-state index contributed by atoms with van der Waals surface area (Å²) in [5.41, 5.74) is 0.552. The van der Waals surface area contributed by atoms with Crippen LogP contribution in [0.25, 0.3) is 0 Å². The number of thiophene rings is 1. The highest BCUT2D eigenvalue weighted by Gasteiger charge is 2.27. The van der Waals surface area contributed by atoms with E-state index in [4.69, 9.17) is 16.3 Å². The van der Waals surface area contributed by atoms with E-state index < -0.39 is 23.2 Å². The fourth-order valence-electron chi connectivity index (χ4n) is 1.55. The first-order chi connectivity index (χ1) is 9.83. The Hall–Kier alpha value is -1.60. The van der Waals surface area contributed by atoms with Crippen LogP contribution < -0.4 is 5.32 Å². The van der Waals surface area contributed by atoms with Crippen LogP contribution >= 0.6 is 22.9 Å². The Labute approximate surface area is 131 Å². The molecule has 0 spiro atoms. The molecule has 1 heterocycles. The third-order valence-corrected chi connectivity index (χ3v) is 3.98. The van der Waals surface area contributed by atoms with Crippen LogP contribution in [-0.2, 0) is 14.3 Å². The first-order valence-corrected chi connectivity index (χ1v) is 7.42. The first kappa shape index (κ1) is 17.5. The van der Waals surface area contributed by atoms with E-state index >= 15 is 0 Å². The number of nitrogens with one attached hydrogen (secondary N) is 1. The third kappa shape index (κ3) is 3.95. The summed E-state index contributed by atoms with van der Waals surface area (Å²) >= 11 is 6.65. The topological polar surface area (TPSA) is 81.7 Å².